The molecule has 1 aromatic heterocycles. The SMILES string of the molecule is Cc1oc(-c2ccccc2)nc1CC(=O)N1CCN(C(=O)C2CC2)CC1. The Morgan fingerprint density at radius 1 is 1.08 bits per heavy atom. The van der Waals surface area contributed by atoms with E-state index in [0.29, 0.717) is 43.5 Å². The molecule has 2 aromatic rings. The number of carbonyl (C=O) groups is 2. The van der Waals surface area contributed by atoms with Crippen LogP contribution in [0.3, 0.4) is 0 Å². The Hall–Kier alpha value is -2.63. The molecule has 0 atom stereocenters. The maximum atomic E-state index is 12.6. The molecule has 6 heteroatoms. The highest BCUT2D eigenvalue weighted by molar-refractivity contribution is 5.82. The van der Waals surface area contributed by atoms with Crippen LogP contribution < -0.4 is 0 Å². The van der Waals surface area contributed by atoms with Crippen molar-refractivity contribution >= 4 is 11.8 Å². The van der Waals surface area contributed by atoms with Crippen molar-refractivity contribution in [2.24, 2.45) is 5.92 Å². The van der Waals surface area contributed by atoms with Crippen LogP contribution in [0.25, 0.3) is 11.5 Å². The van der Waals surface area contributed by atoms with Crippen molar-refractivity contribution in [1.82, 2.24) is 14.8 Å². The van der Waals surface area contributed by atoms with E-state index in [0.717, 1.165) is 18.4 Å². The van der Waals surface area contributed by atoms with Gasteiger partial charge < -0.3 is 14.2 Å². The lowest BCUT2D eigenvalue weighted by Crippen LogP contribution is -2.51. The Balaban J connectivity index is 1.36. The third kappa shape index (κ3) is 3.49. The Bertz CT molecular complexity index is 803. The molecule has 0 bridgehead atoms. The van der Waals surface area contributed by atoms with Crippen LogP contribution in [-0.2, 0) is 16.0 Å². The van der Waals surface area contributed by atoms with Crippen LogP contribution in [0.2, 0.25) is 0 Å². The van der Waals surface area contributed by atoms with Gasteiger partial charge in [-0.25, -0.2) is 4.98 Å². The molecule has 0 unspecified atom stereocenters. The molecule has 1 aromatic carbocycles. The van der Waals surface area contributed by atoms with Crippen molar-refractivity contribution in [3.63, 3.8) is 0 Å². The molecule has 2 amide bonds. The minimum atomic E-state index is 0.0412. The molecule has 136 valence electrons. The summed E-state index contributed by atoms with van der Waals surface area (Å²) < 4.78 is 5.74. The molecule has 1 saturated carbocycles. The van der Waals surface area contributed by atoms with Gasteiger partial charge >= 0.3 is 0 Å². The van der Waals surface area contributed by atoms with Crippen LogP contribution in [-0.4, -0.2) is 52.8 Å². The average molecular weight is 353 g/mol. The molecule has 0 radical (unpaired) electrons. The summed E-state index contributed by atoms with van der Waals surface area (Å²) in [6, 6.07) is 9.68. The number of hydrogen-bond acceptors (Lipinski definition) is 4. The first-order valence-electron chi connectivity index (χ1n) is 9.20. The predicted octanol–water partition coefficient (Wildman–Crippen LogP) is 2.27. The van der Waals surface area contributed by atoms with Crippen molar-refractivity contribution in [3.05, 3.63) is 41.8 Å². The lowest BCUT2D eigenvalue weighted by molar-refractivity contribution is -0.140. The molecule has 1 saturated heterocycles. The Morgan fingerprint density at radius 2 is 1.73 bits per heavy atom. The van der Waals surface area contributed by atoms with Crippen LogP contribution >= 0.6 is 0 Å². The smallest absolute Gasteiger partial charge is 0.228 e. The lowest BCUT2D eigenvalue weighted by atomic mass is 10.2. The van der Waals surface area contributed by atoms with Gasteiger partial charge in [-0.3, -0.25) is 9.59 Å². The molecule has 1 aliphatic heterocycles. The second kappa shape index (κ2) is 6.94. The molecule has 2 heterocycles. The molecule has 0 spiro atoms. The summed E-state index contributed by atoms with van der Waals surface area (Å²) in [6.45, 7) is 4.30. The van der Waals surface area contributed by atoms with Gasteiger partial charge in [0, 0.05) is 37.7 Å². The number of nitrogens with zero attached hydrogens (tertiary/aromatic N) is 3. The molecule has 26 heavy (non-hydrogen) atoms. The van der Waals surface area contributed by atoms with E-state index in [1.54, 1.807) is 0 Å². The highest BCUT2D eigenvalue weighted by Gasteiger charge is 2.35. The third-order valence-electron chi connectivity index (χ3n) is 5.10. The quantitative estimate of drug-likeness (QED) is 0.846. The number of aryl methyl sites for hydroxylation is 1. The largest absolute Gasteiger partial charge is 0.441 e. The second-order valence-corrected chi connectivity index (χ2v) is 7.05. The summed E-state index contributed by atoms with van der Waals surface area (Å²) in [7, 11) is 0. The number of hydrogen-bond donors (Lipinski definition) is 0. The minimum absolute atomic E-state index is 0.0412. The summed E-state index contributed by atoms with van der Waals surface area (Å²) in [5, 5.41) is 0. The van der Waals surface area contributed by atoms with Crippen LogP contribution in [0.15, 0.2) is 34.7 Å². The van der Waals surface area contributed by atoms with Crippen LogP contribution in [0.5, 0.6) is 0 Å². The van der Waals surface area contributed by atoms with Gasteiger partial charge in [-0.2, -0.15) is 0 Å². The Labute approximate surface area is 152 Å². The molecule has 0 N–H and O–H groups in total. The summed E-state index contributed by atoms with van der Waals surface area (Å²) in [5.74, 6) is 1.77. The zero-order valence-corrected chi connectivity index (χ0v) is 15.0. The average Bonchev–Trinajstić information content (AvgIpc) is 3.46. The molecular formula is C20H23N3O3. The zero-order valence-electron chi connectivity index (χ0n) is 15.0. The summed E-state index contributed by atoms with van der Waals surface area (Å²) in [6.07, 6.45) is 2.28. The number of benzene rings is 1. The van der Waals surface area contributed by atoms with Gasteiger partial charge in [0.2, 0.25) is 17.7 Å². The number of oxazole rings is 1. The number of rotatable bonds is 4. The third-order valence-corrected chi connectivity index (χ3v) is 5.10. The monoisotopic (exact) mass is 353 g/mol. The molecule has 2 fully saturated rings. The van der Waals surface area contributed by atoms with Gasteiger partial charge in [-0.15, -0.1) is 0 Å². The predicted molar refractivity (Wildman–Crippen MR) is 96.3 cm³/mol. The van der Waals surface area contributed by atoms with Crippen molar-refractivity contribution in [1.29, 1.82) is 0 Å². The fourth-order valence-corrected chi connectivity index (χ4v) is 3.32. The highest BCUT2D eigenvalue weighted by atomic mass is 16.4. The van der Waals surface area contributed by atoms with Gasteiger partial charge in [0.15, 0.2) is 0 Å². The molecule has 6 nitrogen and oxygen atoms in total. The van der Waals surface area contributed by atoms with E-state index in [4.69, 9.17) is 4.42 Å². The van der Waals surface area contributed by atoms with Crippen molar-refractivity contribution < 1.29 is 14.0 Å². The van der Waals surface area contributed by atoms with Crippen molar-refractivity contribution in [2.75, 3.05) is 26.2 Å². The number of piperazine rings is 1. The maximum Gasteiger partial charge on any atom is 0.228 e. The first-order valence-corrected chi connectivity index (χ1v) is 9.20. The van der Waals surface area contributed by atoms with Gasteiger partial charge in [-0.1, -0.05) is 18.2 Å². The van der Waals surface area contributed by atoms with E-state index in [1.807, 2.05) is 47.1 Å². The standard InChI is InChI=1S/C20H23N3O3/c1-14-17(21-19(26-14)15-5-3-2-4-6-15)13-18(24)22-9-11-23(12-10-22)20(25)16-7-8-16/h2-6,16H,7-13H2,1H3. The van der Waals surface area contributed by atoms with E-state index in [2.05, 4.69) is 4.98 Å². The van der Waals surface area contributed by atoms with Crippen molar-refractivity contribution in [2.45, 2.75) is 26.2 Å². The summed E-state index contributed by atoms with van der Waals surface area (Å²) in [4.78, 5) is 33.0. The molecule has 2 aliphatic rings. The zero-order chi connectivity index (χ0) is 18.1. The van der Waals surface area contributed by atoms with E-state index in [1.165, 1.54) is 0 Å². The topological polar surface area (TPSA) is 66.7 Å². The van der Waals surface area contributed by atoms with Crippen LogP contribution in [0, 0.1) is 12.8 Å². The van der Waals surface area contributed by atoms with Gasteiger partial charge in [0.1, 0.15) is 5.76 Å². The normalized spacial score (nSPS) is 17.4. The van der Waals surface area contributed by atoms with Crippen LogP contribution in [0.4, 0.5) is 0 Å². The Morgan fingerprint density at radius 3 is 2.38 bits per heavy atom. The summed E-state index contributed by atoms with van der Waals surface area (Å²) in [5.41, 5.74) is 1.59. The number of carbonyl (C=O) groups excluding carboxylic acids is 2. The first kappa shape index (κ1) is 16.8. The fourth-order valence-electron chi connectivity index (χ4n) is 3.32. The summed E-state index contributed by atoms with van der Waals surface area (Å²) >= 11 is 0. The van der Waals surface area contributed by atoms with E-state index < -0.39 is 0 Å². The van der Waals surface area contributed by atoms with Gasteiger partial charge in [-0.05, 0) is 31.9 Å². The highest BCUT2D eigenvalue weighted by Crippen LogP contribution is 2.31. The molecule has 4 rings (SSSR count). The second-order valence-electron chi connectivity index (χ2n) is 7.05. The van der Waals surface area contributed by atoms with E-state index >= 15 is 0 Å². The molecular weight excluding hydrogens is 330 g/mol. The fraction of sp³-hybridized carbons (Fsp3) is 0.450. The van der Waals surface area contributed by atoms with Crippen molar-refractivity contribution in [3.8, 4) is 11.5 Å². The van der Waals surface area contributed by atoms with Gasteiger partial charge in [0.25, 0.3) is 0 Å². The van der Waals surface area contributed by atoms with E-state index in [9.17, 15) is 9.59 Å². The lowest BCUT2D eigenvalue weighted by Gasteiger charge is -2.34. The molecule has 1 aliphatic carbocycles. The van der Waals surface area contributed by atoms with Gasteiger partial charge in [0.05, 0.1) is 12.1 Å². The minimum Gasteiger partial charge on any atom is -0.441 e. The maximum absolute atomic E-state index is 12.6. The first-order chi connectivity index (χ1) is 12.6. The Kier molecular flexibility index (Phi) is 4.49. The number of amides is 2. The van der Waals surface area contributed by atoms with Crippen LogP contribution in [0.1, 0.15) is 24.3 Å². The van der Waals surface area contributed by atoms with E-state index in [-0.39, 0.29) is 24.2 Å². The number of aromatic nitrogens is 1.